The first-order chi connectivity index (χ1) is 22.1. The molecule has 0 saturated carbocycles. The van der Waals surface area contributed by atoms with E-state index in [-0.39, 0.29) is 12.2 Å². The standard InChI is InChI=1S/C32H34BrIN4O8/c1-5-44-25-14-21(29-28(31(40)43-4)18(2)36-32(41)37-29)8-11-24(25)45-17-27(39)38-35-15-20-12-23(33)30(26(13-20)42-3)46-16-19-6-9-22(34)10-7-19/h6-15,27,29,38-39H,5,16-17H2,1-4H3,(H2,36,37,41)/b35-15-/t27-,29+/m1/s1. The second-order valence-corrected chi connectivity index (χ2v) is 12.0. The Labute approximate surface area is 288 Å². The number of carbonyl (C=O) groups is 2. The van der Waals surface area contributed by atoms with Crippen molar-refractivity contribution < 1.29 is 38.4 Å². The van der Waals surface area contributed by atoms with E-state index in [9.17, 15) is 14.7 Å². The van der Waals surface area contributed by atoms with Crippen LogP contribution in [0.4, 0.5) is 4.79 Å². The van der Waals surface area contributed by atoms with Gasteiger partial charge in [-0.3, -0.25) is 5.43 Å². The molecule has 0 bridgehead atoms. The number of nitrogens with zero attached hydrogens (tertiary/aromatic N) is 1. The SMILES string of the molecule is CCOc1cc([C@@H]2NC(=O)NC(C)=C2C(=O)OC)ccc1OC[C@@H](O)N/N=C\c1cc(Br)c(OCc2ccc(I)cc2)c(OC)c1. The van der Waals surface area contributed by atoms with Gasteiger partial charge < -0.3 is 39.4 Å². The van der Waals surface area contributed by atoms with Crippen molar-refractivity contribution in [2.24, 2.45) is 5.10 Å². The molecule has 1 heterocycles. The number of rotatable bonds is 14. The third-order valence-electron chi connectivity index (χ3n) is 6.66. The van der Waals surface area contributed by atoms with Crippen LogP contribution in [0.25, 0.3) is 0 Å². The number of aliphatic hydroxyl groups excluding tert-OH is 1. The molecule has 14 heteroatoms. The number of methoxy groups -OCH3 is 2. The van der Waals surface area contributed by atoms with E-state index in [0.29, 0.717) is 57.5 Å². The van der Waals surface area contributed by atoms with Gasteiger partial charge in [-0.1, -0.05) is 18.2 Å². The van der Waals surface area contributed by atoms with Gasteiger partial charge >= 0.3 is 12.0 Å². The zero-order chi connectivity index (χ0) is 33.2. The maximum Gasteiger partial charge on any atom is 0.337 e. The van der Waals surface area contributed by atoms with Gasteiger partial charge in [0, 0.05) is 9.27 Å². The van der Waals surface area contributed by atoms with Gasteiger partial charge in [0.15, 0.2) is 29.2 Å². The molecule has 46 heavy (non-hydrogen) atoms. The summed E-state index contributed by atoms with van der Waals surface area (Å²) in [7, 11) is 2.83. The number of hydrogen-bond acceptors (Lipinski definition) is 10. The van der Waals surface area contributed by atoms with Crippen LogP contribution < -0.4 is 35.0 Å². The van der Waals surface area contributed by atoms with Gasteiger partial charge in [0.05, 0.1) is 43.1 Å². The first kappa shape index (κ1) is 34.8. The molecule has 1 aliphatic rings. The Bertz CT molecular complexity index is 1620. The zero-order valence-corrected chi connectivity index (χ0v) is 29.3. The number of amides is 2. The third kappa shape index (κ3) is 9.04. The Balaban J connectivity index is 1.38. The van der Waals surface area contributed by atoms with Gasteiger partial charge in [0.25, 0.3) is 0 Å². The van der Waals surface area contributed by atoms with Crippen molar-refractivity contribution >= 4 is 56.7 Å². The molecule has 3 aromatic rings. The van der Waals surface area contributed by atoms with Crippen LogP contribution >= 0.6 is 38.5 Å². The molecule has 0 spiro atoms. The van der Waals surface area contributed by atoms with Crippen molar-refractivity contribution in [1.29, 1.82) is 0 Å². The summed E-state index contributed by atoms with van der Waals surface area (Å²) in [6.45, 7) is 3.98. The van der Waals surface area contributed by atoms with E-state index in [4.69, 9.17) is 23.7 Å². The number of nitrogens with one attached hydrogen (secondary N) is 3. The van der Waals surface area contributed by atoms with E-state index in [2.05, 4.69) is 59.7 Å². The molecule has 0 aliphatic carbocycles. The minimum atomic E-state index is -1.16. The monoisotopic (exact) mass is 808 g/mol. The predicted octanol–water partition coefficient (Wildman–Crippen LogP) is 5.16. The van der Waals surface area contributed by atoms with Gasteiger partial charge in [-0.2, -0.15) is 5.10 Å². The van der Waals surface area contributed by atoms with Crippen LogP contribution in [0, 0.1) is 3.57 Å². The smallest absolute Gasteiger partial charge is 0.337 e. The lowest BCUT2D eigenvalue weighted by Crippen LogP contribution is -2.45. The number of aliphatic hydroxyl groups is 1. The van der Waals surface area contributed by atoms with Gasteiger partial charge in [-0.05, 0) is 105 Å². The number of ether oxygens (including phenoxy) is 5. The summed E-state index contributed by atoms with van der Waals surface area (Å²) in [4.78, 5) is 24.6. The van der Waals surface area contributed by atoms with E-state index in [1.165, 1.54) is 13.3 Å². The minimum absolute atomic E-state index is 0.161. The summed E-state index contributed by atoms with van der Waals surface area (Å²) >= 11 is 5.80. The fourth-order valence-electron chi connectivity index (χ4n) is 4.51. The molecular weight excluding hydrogens is 775 g/mol. The lowest BCUT2D eigenvalue weighted by atomic mass is 9.95. The number of halogens is 2. The fraction of sp³-hybridized carbons (Fsp3) is 0.281. The Morgan fingerprint density at radius 1 is 1.09 bits per heavy atom. The first-order valence-electron chi connectivity index (χ1n) is 14.1. The Morgan fingerprint density at radius 3 is 2.54 bits per heavy atom. The van der Waals surface area contributed by atoms with Crippen LogP contribution in [0.1, 0.15) is 36.6 Å². The summed E-state index contributed by atoms with van der Waals surface area (Å²) in [6, 6.07) is 15.4. The van der Waals surface area contributed by atoms with Crippen molar-refractivity contribution in [1.82, 2.24) is 16.1 Å². The maximum atomic E-state index is 12.5. The van der Waals surface area contributed by atoms with Crippen molar-refractivity contribution in [3.8, 4) is 23.0 Å². The van der Waals surface area contributed by atoms with Gasteiger partial charge in [0.2, 0.25) is 0 Å². The fourth-order valence-corrected chi connectivity index (χ4v) is 5.44. The molecule has 0 unspecified atom stereocenters. The number of allylic oxidation sites excluding steroid dienone is 1. The quantitative estimate of drug-likeness (QED) is 0.0570. The Morgan fingerprint density at radius 2 is 1.85 bits per heavy atom. The number of benzene rings is 3. The molecular formula is C32H34BrIN4O8. The van der Waals surface area contributed by atoms with Crippen LogP contribution in [0.3, 0.4) is 0 Å². The minimum Gasteiger partial charge on any atom is -0.493 e. The average Bonchev–Trinajstić information content (AvgIpc) is 3.03. The Hall–Kier alpha value is -4.02. The predicted molar refractivity (Wildman–Crippen MR) is 183 cm³/mol. The van der Waals surface area contributed by atoms with E-state index in [1.807, 2.05) is 37.3 Å². The number of carbonyl (C=O) groups excluding carboxylic acids is 2. The molecule has 0 aromatic heterocycles. The highest BCUT2D eigenvalue weighted by Gasteiger charge is 2.32. The summed E-state index contributed by atoms with van der Waals surface area (Å²) < 4.78 is 29.9. The molecule has 2 amide bonds. The lowest BCUT2D eigenvalue weighted by molar-refractivity contribution is -0.136. The van der Waals surface area contributed by atoms with E-state index in [0.717, 1.165) is 9.13 Å². The molecule has 2 atom stereocenters. The summed E-state index contributed by atoms with van der Waals surface area (Å²) in [5.41, 5.74) is 5.60. The van der Waals surface area contributed by atoms with Crippen LogP contribution in [0.2, 0.25) is 0 Å². The van der Waals surface area contributed by atoms with Gasteiger partial charge in [0.1, 0.15) is 13.2 Å². The Kier molecular flexibility index (Phi) is 12.5. The number of urea groups is 1. The maximum absolute atomic E-state index is 12.5. The highest BCUT2D eigenvalue weighted by Crippen LogP contribution is 2.37. The average molecular weight is 809 g/mol. The van der Waals surface area contributed by atoms with Crippen molar-refractivity contribution in [3.05, 3.63) is 90.6 Å². The number of hydrazone groups is 1. The molecule has 0 fully saturated rings. The van der Waals surface area contributed by atoms with Gasteiger partial charge in [-0.25, -0.2) is 9.59 Å². The summed E-state index contributed by atoms with van der Waals surface area (Å²) in [5.74, 6) is 1.23. The van der Waals surface area contributed by atoms with E-state index >= 15 is 0 Å². The van der Waals surface area contributed by atoms with E-state index < -0.39 is 24.3 Å². The first-order valence-corrected chi connectivity index (χ1v) is 16.0. The second kappa shape index (κ2) is 16.5. The molecule has 1 aliphatic heterocycles. The van der Waals surface area contributed by atoms with Gasteiger partial charge in [-0.15, -0.1) is 0 Å². The highest BCUT2D eigenvalue weighted by molar-refractivity contribution is 14.1. The normalized spacial score (nSPS) is 15.1. The molecule has 0 saturated heterocycles. The molecule has 3 aromatic carbocycles. The largest absolute Gasteiger partial charge is 0.493 e. The van der Waals surface area contributed by atoms with Crippen molar-refractivity contribution in [2.75, 3.05) is 27.4 Å². The topological polar surface area (TPSA) is 149 Å². The molecule has 4 rings (SSSR count). The molecule has 0 radical (unpaired) electrons. The van der Waals surface area contributed by atoms with Crippen LogP contribution in [-0.2, 0) is 16.1 Å². The highest BCUT2D eigenvalue weighted by atomic mass is 127. The van der Waals surface area contributed by atoms with Crippen LogP contribution in [-0.4, -0.2) is 57.0 Å². The van der Waals surface area contributed by atoms with Crippen LogP contribution in [0.5, 0.6) is 23.0 Å². The van der Waals surface area contributed by atoms with Crippen LogP contribution in [0.15, 0.2) is 75.4 Å². The second-order valence-electron chi connectivity index (χ2n) is 9.86. The van der Waals surface area contributed by atoms with Crippen molar-refractivity contribution in [2.45, 2.75) is 32.7 Å². The number of hydrogen-bond donors (Lipinski definition) is 4. The van der Waals surface area contributed by atoms with E-state index in [1.54, 1.807) is 38.3 Å². The zero-order valence-electron chi connectivity index (χ0n) is 25.6. The lowest BCUT2D eigenvalue weighted by Gasteiger charge is -2.28. The molecule has 244 valence electrons. The summed E-state index contributed by atoms with van der Waals surface area (Å²) in [6.07, 6.45) is 0.370. The number of esters is 1. The molecule has 4 N–H and O–H groups in total. The summed E-state index contributed by atoms with van der Waals surface area (Å²) in [5, 5.41) is 20.0. The third-order valence-corrected chi connectivity index (χ3v) is 7.97. The van der Waals surface area contributed by atoms with Crippen molar-refractivity contribution in [3.63, 3.8) is 0 Å². The molecule has 12 nitrogen and oxygen atoms in total.